The van der Waals surface area contributed by atoms with E-state index < -0.39 is 5.97 Å². The number of rotatable bonds is 6. The van der Waals surface area contributed by atoms with Crippen molar-refractivity contribution in [2.75, 3.05) is 17.7 Å². The highest BCUT2D eigenvalue weighted by atomic mass is 16.7. The second kappa shape index (κ2) is 8.54. The Morgan fingerprint density at radius 3 is 2.68 bits per heavy atom. The van der Waals surface area contributed by atoms with Gasteiger partial charge in [0.25, 0.3) is 0 Å². The van der Waals surface area contributed by atoms with Gasteiger partial charge in [0.2, 0.25) is 0 Å². The monoisotopic (exact) mass is 348 g/mol. The van der Waals surface area contributed by atoms with Crippen molar-refractivity contribution in [1.82, 2.24) is 0 Å². The molecule has 0 radical (unpaired) electrons. The molecule has 4 N–H and O–H groups in total. The zero-order valence-electron chi connectivity index (χ0n) is 14.6. The highest BCUT2D eigenvalue weighted by molar-refractivity contribution is 5.70. The van der Waals surface area contributed by atoms with E-state index in [9.17, 15) is 4.79 Å². The van der Waals surface area contributed by atoms with Crippen molar-refractivity contribution >= 4 is 17.3 Å². The molecular formula is C19H28N2O4. The Morgan fingerprint density at radius 1 is 1.24 bits per heavy atom. The Balaban J connectivity index is 1.49. The molecule has 2 fully saturated rings. The molecule has 0 bridgehead atoms. The molecule has 1 heterocycles. The van der Waals surface area contributed by atoms with Crippen LogP contribution in [0.25, 0.3) is 0 Å². The number of nitrogens with one attached hydrogen (secondary N) is 1. The van der Waals surface area contributed by atoms with Gasteiger partial charge in [0.1, 0.15) is 0 Å². The van der Waals surface area contributed by atoms with Crippen LogP contribution in [-0.4, -0.2) is 30.0 Å². The van der Waals surface area contributed by atoms with E-state index in [1.165, 1.54) is 0 Å². The van der Waals surface area contributed by atoms with Gasteiger partial charge in [0.05, 0.1) is 23.9 Å². The van der Waals surface area contributed by atoms with E-state index in [2.05, 4.69) is 5.32 Å². The van der Waals surface area contributed by atoms with Crippen LogP contribution in [0, 0.1) is 5.92 Å². The van der Waals surface area contributed by atoms with Crippen LogP contribution in [0.4, 0.5) is 11.4 Å². The van der Waals surface area contributed by atoms with E-state index in [1.54, 1.807) is 0 Å². The van der Waals surface area contributed by atoms with Crippen LogP contribution in [0.2, 0.25) is 0 Å². The predicted octanol–water partition coefficient (Wildman–Crippen LogP) is 3.37. The van der Waals surface area contributed by atoms with E-state index in [0.717, 1.165) is 62.8 Å². The van der Waals surface area contributed by atoms with Gasteiger partial charge < -0.3 is 25.6 Å². The molecule has 0 spiro atoms. The minimum absolute atomic E-state index is 0.0998. The molecule has 6 heteroatoms. The lowest BCUT2D eigenvalue weighted by Crippen LogP contribution is -2.29. The molecule has 1 aliphatic heterocycles. The maximum Gasteiger partial charge on any atom is 0.306 e. The fourth-order valence-corrected chi connectivity index (χ4v) is 3.57. The Labute approximate surface area is 148 Å². The summed E-state index contributed by atoms with van der Waals surface area (Å²) >= 11 is 0. The highest BCUT2D eigenvalue weighted by Crippen LogP contribution is 2.29. The van der Waals surface area contributed by atoms with Crippen molar-refractivity contribution in [2.45, 2.75) is 63.9 Å². The fraction of sp³-hybridized carbons (Fsp3) is 0.632. The molecule has 0 amide bonds. The minimum atomic E-state index is -0.677. The molecule has 25 heavy (non-hydrogen) atoms. The second-order valence-electron chi connectivity index (χ2n) is 7.06. The number of hydrogen-bond acceptors (Lipinski definition) is 5. The number of carbonyl (C=O) groups is 1. The van der Waals surface area contributed by atoms with E-state index in [-0.39, 0.29) is 18.2 Å². The summed E-state index contributed by atoms with van der Waals surface area (Å²) in [6, 6.07) is 6.23. The van der Waals surface area contributed by atoms with Crippen LogP contribution in [0.3, 0.4) is 0 Å². The molecule has 1 unspecified atom stereocenters. The number of ether oxygens (including phenoxy) is 2. The van der Waals surface area contributed by atoms with Crippen LogP contribution in [-0.2, 0) is 20.9 Å². The van der Waals surface area contributed by atoms with Gasteiger partial charge in [-0.15, -0.1) is 0 Å². The fourth-order valence-electron chi connectivity index (χ4n) is 3.57. The van der Waals surface area contributed by atoms with Gasteiger partial charge in [-0.2, -0.15) is 0 Å². The molecule has 0 aromatic heterocycles. The van der Waals surface area contributed by atoms with Crippen molar-refractivity contribution in [3.63, 3.8) is 0 Å². The molecule has 1 aromatic rings. The van der Waals surface area contributed by atoms with Gasteiger partial charge in [-0.3, -0.25) is 4.79 Å². The lowest BCUT2D eigenvalue weighted by atomic mass is 9.86. The number of anilines is 2. The number of hydrogen-bond donors (Lipinski definition) is 3. The summed E-state index contributed by atoms with van der Waals surface area (Å²) in [5, 5.41) is 12.5. The summed E-state index contributed by atoms with van der Waals surface area (Å²) in [5.74, 6) is -0.874. The minimum Gasteiger partial charge on any atom is -0.481 e. The van der Waals surface area contributed by atoms with Crippen LogP contribution < -0.4 is 11.1 Å². The molecular weight excluding hydrogens is 320 g/mol. The SMILES string of the molecule is Nc1cc(COC2CCCCO2)ccc1NC1CCC(C(=O)O)CC1. The molecule has 1 saturated heterocycles. The quantitative estimate of drug-likeness (QED) is 0.683. The van der Waals surface area contributed by atoms with Crippen LogP contribution in [0.15, 0.2) is 18.2 Å². The van der Waals surface area contributed by atoms with E-state index in [1.807, 2.05) is 18.2 Å². The molecule has 1 aromatic carbocycles. The summed E-state index contributed by atoms with van der Waals surface area (Å²) in [4.78, 5) is 11.0. The first kappa shape index (κ1) is 18.0. The third-order valence-electron chi connectivity index (χ3n) is 5.13. The summed E-state index contributed by atoms with van der Waals surface area (Å²) < 4.78 is 11.4. The number of benzene rings is 1. The van der Waals surface area contributed by atoms with Gasteiger partial charge >= 0.3 is 5.97 Å². The molecule has 1 saturated carbocycles. The molecule has 2 aliphatic rings. The standard InChI is InChI=1S/C19H28N2O4/c20-16-11-13(12-25-18-3-1-2-10-24-18)4-9-17(16)21-15-7-5-14(6-8-15)19(22)23/h4,9,11,14-15,18,21H,1-3,5-8,10,12,20H2,(H,22,23). The van der Waals surface area contributed by atoms with Crippen molar-refractivity contribution in [1.29, 1.82) is 0 Å². The maximum absolute atomic E-state index is 11.0. The first-order chi connectivity index (χ1) is 12.1. The predicted molar refractivity (Wildman–Crippen MR) is 96.2 cm³/mol. The molecule has 138 valence electrons. The normalized spacial score (nSPS) is 27.0. The third-order valence-corrected chi connectivity index (χ3v) is 5.13. The number of carboxylic acids is 1. The van der Waals surface area contributed by atoms with E-state index in [0.29, 0.717) is 12.3 Å². The topological polar surface area (TPSA) is 93.8 Å². The lowest BCUT2D eigenvalue weighted by molar-refractivity contribution is -0.168. The number of nitrogen functional groups attached to an aromatic ring is 1. The molecule has 1 aliphatic carbocycles. The van der Waals surface area contributed by atoms with Gasteiger partial charge in [-0.1, -0.05) is 6.07 Å². The number of carboxylic acid groups (broad SMARTS) is 1. The molecule has 1 atom stereocenters. The van der Waals surface area contributed by atoms with Gasteiger partial charge in [0, 0.05) is 12.6 Å². The van der Waals surface area contributed by atoms with Crippen LogP contribution in [0.1, 0.15) is 50.5 Å². The highest BCUT2D eigenvalue weighted by Gasteiger charge is 2.26. The number of nitrogens with two attached hydrogens (primary N) is 1. The van der Waals surface area contributed by atoms with Gasteiger partial charge in [0.15, 0.2) is 6.29 Å². The van der Waals surface area contributed by atoms with Crippen molar-refractivity contribution < 1.29 is 19.4 Å². The zero-order chi connectivity index (χ0) is 17.6. The first-order valence-corrected chi connectivity index (χ1v) is 9.23. The summed E-state index contributed by atoms with van der Waals surface area (Å²) in [5.41, 5.74) is 8.83. The average molecular weight is 348 g/mol. The maximum atomic E-state index is 11.0. The van der Waals surface area contributed by atoms with Gasteiger partial charge in [-0.25, -0.2) is 0 Å². The Hall–Kier alpha value is -1.79. The Bertz CT molecular complexity index is 579. The largest absolute Gasteiger partial charge is 0.481 e. The lowest BCUT2D eigenvalue weighted by Gasteiger charge is -2.28. The van der Waals surface area contributed by atoms with Crippen molar-refractivity contribution in [2.24, 2.45) is 5.92 Å². The second-order valence-corrected chi connectivity index (χ2v) is 7.06. The number of aliphatic carboxylic acids is 1. The summed E-state index contributed by atoms with van der Waals surface area (Å²) in [7, 11) is 0. The summed E-state index contributed by atoms with van der Waals surface area (Å²) in [6.45, 7) is 1.28. The third kappa shape index (κ3) is 5.09. The van der Waals surface area contributed by atoms with Crippen LogP contribution >= 0.6 is 0 Å². The Kier molecular flexibility index (Phi) is 6.15. The smallest absolute Gasteiger partial charge is 0.306 e. The van der Waals surface area contributed by atoms with Crippen molar-refractivity contribution in [3.05, 3.63) is 23.8 Å². The Morgan fingerprint density at radius 2 is 2.04 bits per heavy atom. The molecule has 3 rings (SSSR count). The summed E-state index contributed by atoms with van der Waals surface area (Å²) in [6.07, 6.45) is 6.29. The van der Waals surface area contributed by atoms with Crippen LogP contribution in [0.5, 0.6) is 0 Å². The van der Waals surface area contributed by atoms with Crippen molar-refractivity contribution in [3.8, 4) is 0 Å². The van der Waals surface area contributed by atoms with Gasteiger partial charge in [-0.05, 0) is 62.6 Å². The molecule has 6 nitrogen and oxygen atoms in total. The average Bonchev–Trinajstić information content (AvgIpc) is 2.63. The first-order valence-electron chi connectivity index (χ1n) is 9.23. The zero-order valence-corrected chi connectivity index (χ0v) is 14.6. The van der Waals surface area contributed by atoms with E-state index >= 15 is 0 Å². The van der Waals surface area contributed by atoms with E-state index in [4.69, 9.17) is 20.3 Å².